The summed E-state index contributed by atoms with van der Waals surface area (Å²) in [5.74, 6) is 0.820. The van der Waals surface area contributed by atoms with Crippen LogP contribution in [0.4, 0.5) is 0 Å². The number of hydrogen-bond acceptors (Lipinski definition) is 4. The molecule has 6 heteroatoms. The van der Waals surface area contributed by atoms with E-state index in [-0.39, 0.29) is 23.9 Å². The van der Waals surface area contributed by atoms with Crippen molar-refractivity contribution in [2.45, 2.75) is 44.7 Å². The highest BCUT2D eigenvalue weighted by Crippen LogP contribution is 2.16. The molecule has 21 heavy (non-hydrogen) atoms. The number of amides is 2. The zero-order chi connectivity index (χ0) is 15.2. The first-order chi connectivity index (χ1) is 10.1. The molecular formula is C15H28N4O2. The molecule has 120 valence electrons. The molecule has 2 aliphatic rings. The second-order valence-electron chi connectivity index (χ2n) is 6.37. The van der Waals surface area contributed by atoms with E-state index in [0.29, 0.717) is 12.5 Å². The summed E-state index contributed by atoms with van der Waals surface area (Å²) in [5, 5.41) is 9.12. The first-order valence-electron chi connectivity index (χ1n) is 8.05. The van der Waals surface area contributed by atoms with Gasteiger partial charge in [-0.15, -0.1) is 0 Å². The number of nitrogens with one attached hydrogen (secondary N) is 3. The molecule has 0 radical (unpaired) electrons. The normalized spacial score (nSPS) is 28.1. The second-order valence-corrected chi connectivity index (χ2v) is 6.37. The van der Waals surface area contributed by atoms with Gasteiger partial charge in [0, 0.05) is 26.2 Å². The average molecular weight is 296 g/mol. The lowest BCUT2D eigenvalue weighted by Crippen LogP contribution is -2.53. The van der Waals surface area contributed by atoms with Crippen LogP contribution in [0.3, 0.4) is 0 Å². The fourth-order valence-corrected chi connectivity index (χ4v) is 3.13. The fourth-order valence-electron chi connectivity index (χ4n) is 3.13. The standard InChI is InChI=1S/C15H28N4O2/c1-11-3-6-17-13(9-11)15(21)18-12-4-7-19(8-5-12)10-14(20)16-2/h11-13,17H,3-10H2,1-2H3,(H,16,20)(H,18,21). The molecule has 0 saturated carbocycles. The van der Waals surface area contributed by atoms with E-state index in [0.717, 1.165) is 45.3 Å². The molecule has 0 bridgehead atoms. The van der Waals surface area contributed by atoms with Gasteiger partial charge in [0.1, 0.15) is 0 Å². The predicted octanol–water partition coefficient (Wildman–Crippen LogP) is -0.299. The third-order valence-corrected chi connectivity index (χ3v) is 4.56. The van der Waals surface area contributed by atoms with Crippen molar-refractivity contribution in [1.29, 1.82) is 0 Å². The largest absolute Gasteiger partial charge is 0.358 e. The lowest BCUT2D eigenvalue weighted by Gasteiger charge is -2.34. The van der Waals surface area contributed by atoms with Gasteiger partial charge in [0.2, 0.25) is 11.8 Å². The van der Waals surface area contributed by atoms with Crippen LogP contribution < -0.4 is 16.0 Å². The van der Waals surface area contributed by atoms with E-state index in [1.54, 1.807) is 7.05 Å². The summed E-state index contributed by atoms with van der Waals surface area (Å²) in [5.41, 5.74) is 0. The van der Waals surface area contributed by atoms with Crippen molar-refractivity contribution in [3.63, 3.8) is 0 Å². The molecule has 0 aromatic heterocycles. The van der Waals surface area contributed by atoms with Crippen LogP contribution in [0, 0.1) is 5.92 Å². The van der Waals surface area contributed by atoms with E-state index in [2.05, 4.69) is 27.8 Å². The first-order valence-corrected chi connectivity index (χ1v) is 8.05. The number of carbonyl (C=O) groups is 2. The summed E-state index contributed by atoms with van der Waals surface area (Å²) >= 11 is 0. The Kier molecular flexibility index (Phi) is 5.99. The Balaban J connectivity index is 1.70. The third-order valence-electron chi connectivity index (χ3n) is 4.56. The van der Waals surface area contributed by atoms with Gasteiger partial charge in [-0.05, 0) is 38.1 Å². The maximum atomic E-state index is 12.3. The van der Waals surface area contributed by atoms with Gasteiger partial charge in [-0.25, -0.2) is 0 Å². The second kappa shape index (κ2) is 7.75. The van der Waals surface area contributed by atoms with Crippen LogP contribution in [0.5, 0.6) is 0 Å². The van der Waals surface area contributed by atoms with E-state index in [4.69, 9.17) is 0 Å². The van der Waals surface area contributed by atoms with E-state index < -0.39 is 0 Å². The highest BCUT2D eigenvalue weighted by molar-refractivity contribution is 5.82. The van der Waals surface area contributed by atoms with Crippen molar-refractivity contribution in [3.8, 4) is 0 Å². The van der Waals surface area contributed by atoms with E-state index in [1.165, 1.54) is 0 Å². The average Bonchev–Trinajstić information content (AvgIpc) is 2.49. The Morgan fingerprint density at radius 3 is 2.57 bits per heavy atom. The minimum atomic E-state index is -0.0300. The van der Waals surface area contributed by atoms with Gasteiger partial charge < -0.3 is 16.0 Å². The Hall–Kier alpha value is -1.14. The Morgan fingerprint density at radius 2 is 1.95 bits per heavy atom. The van der Waals surface area contributed by atoms with Crippen molar-refractivity contribution in [3.05, 3.63) is 0 Å². The quantitative estimate of drug-likeness (QED) is 0.666. The van der Waals surface area contributed by atoms with Crippen molar-refractivity contribution in [2.24, 2.45) is 5.92 Å². The highest BCUT2D eigenvalue weighted by atomic mass is 16.2. The first kappa shape index (κ1) is 16.2. The van der Waals surface area contributed by atoms with Gasteiger partial charge >= 0.3 is 0 Å². The van der Waals surface area contributed by atoms with E-state index in [9.17, 15) is 9.59 Å². The molecule has 2 rings (SSSR count). The van der Waals surface area contributed by atoms with Gasteiger partial charge in [0.05, 0.1) is 12.6 Å². The molecule has 2 atom stereocenters. The number of rotatable bonds is 4. The molecule has 3 N–H and O–H groups in total. The lowest BCUT2D eigenvalue weighted by atomic mass is 9.93. The minimum Gasteiger partial charge on any atom is -0.358 e. The highest BCUT2D eigenvalue weighted by Gasteiger charge is 2.27. The fraction of sp³-hybridized carbons (Fsp3) is 0.867. The molecule has 0 aromatic rings. The summed E-state index contributed by atoms with van der Waals surface area (Å²) in [6.45, 7) is 5.33. The number of likely N-dealkylation sites (tertiary alicyclic amines) is 1. The number of piperidine rings is 2. The van der Waals surface area contributed by atoms with Crippen molar-refractivity contribution >= 4 is 11.8 Å². The number of hydrogen-bond donors (Lipinski definition) is 3. The van der Waals surface area contributed by atoms with Crippen LogP contribution >= 0.6 is 0 Å². The van der Waals surface area contributed by atoms with Gasteiger partial charge in [0.25, 0.3) is 0 Å². The Morgan fingerprint density at radius 1 is 1.24 bits per heavy atom. The van der Waals surface area contributed by atoms with Gasteiger partial charge in [-0.1, -0.05) is 6.92 Å². The molecule has 2 heterocycles. The predicted molar refractivity (Wildman–Crippen MR) is 81.9 cm³/mol. The summed E-state index contributed by atoms with van der Waals surface area (Å²) in [4.78, 5) is 25.8. The number of likely N-dealkylation sites (N-methyl/N-ethyl adjacent to an activating group) is 1. The molecule has 2 saturated heterocycles. The topological polar surface area (TPSA) is 73.5 Å². The van der Waals surface area contributed by atoms with Crippen LogP contribution in [0.2, 0.25) is 0 Å². The summed E-state index contributed by atoms with van der Waals surface area (Å²) in [6.07, 6.45) is 3.93. The maximum absolute atomic E-state index is 12.3. The molecule has 0 aromatic carbocycles. The van der Waals surface area contributed by atoms with E-state index in [1.807, 2.05) is 0 Å². The molecule has 2 fully saturated rings. The zero-order valence-corrected chi connectivity index (χ0v) is 13.2. The van der Waals surface area contributed by atoms with Crippen molar-refractivity contribution in [1.82, 2.24) is 20.9 Å². The lowest BCUT2D eigenvalue weighted by molar-refractivity contribution is -0.126. The summed E-state index contributed by atoms with van der Waals surface area (Å²) in [7, 11) is 1.66. The smallest absolute Gasteiger partial charge is 0.237 e. The van der Waals surface area contributed by atoms with Crippen LogP contribution in [0.25, 0.3) is 0 Å². The molecule has 0 spiro atoms. The van der Waals surface area contributed by atoms with E-state index >= 15 is 0 Å². The van der Waals surface area contributed by atoms with Gasteiger partial charge in [-0.3, -0.25) is 14.5 Å². The molecule has 2 amide bonds. The molecule has 2 unspecified atom stereocenters. The van der Waals surface area contributed by atoms with Gasteiger partial charge in [0.15, 0.2) is 0 Å². The van der Waals surface area contributed by atoms with Crippen LogP contribution in [-0.4, -0.2) is 62.0 Å². The van der Waals surface area contributed by atoms with Gasteiger partial charge in [-0.2, -0.15) is 0 Å². The number of nitrogens with zero attached hydrogens (tertiary/aromatic N) is 1. The van der Waals surface area contributed by atoms with Crippen LogP contribution in [0.1, 0.15) is 32.6 Å². The zero-order valence-electron chi connectivity index (χ0n) is 13.2. The molecule has 0 aliphatic carbocycles. The SMILES string of the molecule is CNC(=O)CN1CCC(NC(=O)C2CC(C)CCN2)CC1. The molecule has 2 aliphatic heterocycles. The van der Waals surface area contributed by atoms with Crippen LogP contribution in [0.15, 0.2) is 0 Å². The molecule has 6 nitrogen and oxygen atoms in total. The van der Waals surface area contributed by atoms with Crippen molar-refractivity contribution < 1.29 is 9.59 Å². The van der Waals surface area contributed by atoms with Crippen LogP contribution in [-0.2, 0) is 9.59 Å². The summed E-state index contributed by atoms with van der Waals surface area (Å²) in [6, 6.07) is 0.218. The Labute approximate surface area is 127 Å². The third kappa shape index (κ3) is 4.97. The Bertz CT molecular complexity index is 367. The minimum absolute atomic E-state index is 0.0300. The summed E-state index contributed by atoms with van der Waals surface area (Å²) < 4.78 is 0. The monoisotopic (exact) mass is 296 g/mol. The maximum Gasteiger partial charge on any atom is 0.237 e. The molecular weight excluding hydrogens is 268 g/mol. The van der Waals surface area contributed by atoms with Crippen molar-refractivity contribution in [2.75, 3.05) is 33.2 Å². The number of carbonyl (C=O) groups excluding carboxylic acids is 2.